The average Bonchev–Trinajstić information content (AvgIpc) is 3.48. The van der Waals surface area contributed by atoms with Gasteiger partial charge in [-0.3, -0.25) is 4.79 Å². The summed E-state index contributed by atoms with van der Waals surface area (Å²) in [6.07, 6.45) is 3.76. The Morgan fingerprint density at radius 3 is 2.82 bits per heavy atom. The van der Waals surface area contributed by atoms with Gasteiger partial charge >= 0.3 is 0 Å². The van der Waals surface area contributed by atoms with Crippen LogP contribution < -0.4 is 10.2 Å². The van der Waals surface area contributed by atoms with Crippen LogP contribution in [0.2, 0.25) is 5.02 Å². The van der Waals surface area contributed by atoms with E-state index in [0.29, 0.717) is 23.7 Å². The Kier molecular flexibility index (Phi) is 6.01. The summed E-state index contributed by atoms with van der Waals surface area (Å²) in [6.45, 7) is 7.25. The highest BCUT2D eigenvalue weighted by Gasteiger charge is 2.32. The van der Waals surface area contributed by atoms with E-state index >= 15 is 0 Å². The standard InChI is InChI=1S/C25H29ClFN5O/c1-16-14-30(25(33)23-4-3-9-28-23)10-11-31(16)19-6-8-22-24(13-19)32(15-29-22)17(2)20-7-5-18(26)12-21(20)27/h5-8,12-13,15-17,23,28H,3-4,9-11,14H2,1-2H3/t16-,17?,23+/m0/s1. The van der Waals surface area contributed by atoms with Crippen molar-refractivity contribution >= 4 is 34.2 Å². The lowest BCUT2D eigenvalue weighted by Gasteiger charge is -2.42. The summed E-state index contributed by atoms with van der Waals surface area (Å²) >= 11 is 5.94. The molecule has 3 atom stereocenters. The molecule has 1 N–H and O–H groups in total. The minimum atomic E-state index is -0.320. The number of aromatic nitrogens is 2. The number of nitrogens with one attached hydrogen (secondary N) is 1. The molecule has 1 unspecified atom stereocenters. The minimum Gasteiger partial charge on any atom is -0.365 e. The zero-order valence-corrected chi connectivity index (χ0v) is 19.7. The number of carbonyl (C=O) groups is 1. The first-order valence-electron chi connectivity index (χ1n) is 11.6. The molecular formula is C25H29ClFN5O. The third-order valence-electron chi connectivity index (χ3n) is 7.02. The quantitative estimate of drug-likeness (QED) is 0.621. The van der Waals surface area contributed by atoms with Crippen molar-refractivity contribution in [1.82, 2.24) is 19.8 Å². The van der Waals surface area contributed by atoms with Gasteiger partial charge in [-0.25, -0.2) is 9.37 Å². The summed E-state index contributed by atoms with van der Waals surface area (Å²) in [4.78, 5) is 21.7. The van der Waals surface area contributed by atoms with Crippen molar-refractivity contribution in [3.8, 4) is 0 Å². The second-order valence-electron chi connectivity index (χ2n) is 9.14. The third kappa shape index (κ3) is 4.20. The number of halogens is 2. The van der Waals surface area contributed by atoms with Gasteiger partial charge in [-0.2, -0.15) is 0 Å². The van der Waals surface area contributed by atoms with Crippen LogP contribution in [0.5, 0.6) is 0 Å². The van der Waals surface area contributed by atoms with E-state index in [4.69, 9.17) is 11.6 Å². The van der Waals surface area contributed by atoms with Crippen LogP contribution in [0, 0.1) is 5.82 Å². The number of benzene rings is 2. The molecule has 2 saturated heterocycles. The van der Waals surface area contributed by atoms with Gasteiger partial charge in [-0.05, 0) is 63.6 Å². The first-order valence-corrected chi connectivity index (χ1v) is 12.0. The fourth-order valence-electron chi connectivity index (χ4n) is 5.15. The number of piperazine rings is 1. The molecule has 33 heavy (non-hydrogen) atoms. The molecular weight excluding hydrogens is 441 g/mol. The topological polar surface area (TPSA) is 53.4 Å². The van der Waals surface area contributed by atoms with Crippen molar-refractivity contribution in [2.45, 2.75) is 44.8 Å². The number of imidazole rings is 1. The van der Waals surface area contributed by atoms with Crippen LogP contribution >= 0.6 is 11.6 Å². The van der Waals surface area contributed by atoms with Gasteiger partial charge in [0.25, 0.3) is 0 Å². The predicted octanol–water partition coefficient (Wildman–Crippen LogP) is 4.23. The zero-order valence-electron chi connectivity index (χ0n) is 19.0. The van der Waals surface area contributed by atoms with Crippen LogP contribution in [-0.4, -0.2) is 58.6 Å². The molecule has 0 bridgehead atoms. The largest absolute Gasteiger partial charge is 0.365 e. The van der Waals surface area contributed by atoms with E-state index in [2.05, 4.69) is 34.3 Å². The van der Waals surface area contributed by atoms with Crippen molar-refractivity contribution in [3.05, 3.63) is 59.1 Å². The van der Waals surface area contributed by atoms with Gasteiger partial charge in [-0.1, -0.05) is 17.7 Å². The fourth-order valence-corrected chi connectivity index (χ4v) is 5.31. The zero-order chi connectivity index (χ0) is 23.1. The van der Waals surface area contributed by atoms with Gasteiger partial charge in [0.1, 0.15) is 5.82 Å². The second kappa shape index (κ2) is 8.95. The number of nitrogens with zero attached hydrogens (tertiary/aromatic N) is 4. The van der Waals surface area contributed by atoms with Crippen LogP contribution in [0.25, 0.3) is 11.0 Å². The molecule has 1 aromatic heterocycles. The molecule has 2 fully saturated rings. The van der Waals surface area contributed by atoms with E-state index in [-0.39, 0.29) is 29.8 Å². The predicted molar refractivity (Wildman–Crippen MR) is 129 cm³/mol. The summed E-state index contributed by atoms with van der Waals surface area (Å²) in [5, 5.41) is 3.70. The van der Waals surface area contributed by atoms with E-state index in [1.807, 2.05) is 22.5 Å². The van der Waals surface area contributed by atoms with Crippen LogP contribution in [0.3, 0.4) is 0 Å². The maximum absolute atomic E-state index is 14.6. The van der Waals surface area contributed by atoms with Crippen LogP contribution in [0.1, 0.15) is 38.3 Å². The Bertz CT molecular complexity index is 1170. The number of carbonyl (C=O) groups excluding carboxylic acids is 1. The average molecular weight is 470 g/mol. The lowest BCUT2D eigenvalue weighted by Crippen LogP contribution is -2.56. The number of hydrogen-bond donors (Lipinski definition) is 1. The van der Waals surface area contributed by atoms with E-state index in [1.54, 1.807) is 18.5 Å². The van der Waals surface area contributed by atoms with Crippen LogP contribution in [0.15, 0.2) is 42.7 Å². The lowest BCUT2D eigenvalue weighted by molar-refractivity contribution is -0.133. The molecule has 0 spiro atoms. The van der Waals surface area contributed by atoms with E-state index in [9.17, 15) is 9.18 Å². The Hall–Kier alpha value is -2.64. The monoisotopic (exact) mass is 469 g/mol. The summed E-state index contributed by atoms with van der Waals surface area (Å²) in [7, 11) is 0. The summed E-state index contributed by atoms with van der Waals surface area (Å²) in [6, 6.07) is 11.0. The van der Waals surface area contributed by atoms with Crippen molar-refractivity contribution < 1.29 is 9.18 Å². The molecule has 0 radical (unpaired) electrons. The molecule has 5 rings (SSSR count). The van der Waals surface area contributed by atoms with Crippen molar-refractivity contribution in [1.29, 1.82) is 0 Å². The second-order valence-corrected chi connectivity index (χ2v) is 9.58. The molecule has 2 aliphatic rings. The SMILES string of the molecule is CC(c1ccc(Cl)cc1F)n1cnc2ccc(N3CCN(C(=O)[C@H]4CCCN4)C[C@@H]3C)cc21. The maximum Gasteiger partial charge on any atom is 0.239 e. The summed E-state index contributed by atoms with van der Waals surface area (Å²) in [5.74, 6) is -0.0921. The first-order chi connectivity index (χ1) is 15.9. The highest BCUT2D eigenvalue weighted by atomic mass is 35.5. The molecule has 174 valence electrons. The molecule has 2 aliphatic heterocycles. The fraction of sp³-hybridized carbons (Fsp3) is 0.440. The molecule has 6 nitrogen and oxygen atoms in total. The first kappa shape index (κ1) is 22.2. The Balaban J connectivity index is 1.38. The van der Waals surface area contributed by atoms with E-state index in [1.165, 1.54) is 6.07 Å². The minimum absolute atomic E-state index is 0.0239. The molecule has 3 aromatic rings. The molecule has 0 saturated carbocycles. The summed E-state index contributed by atoms with van der Waals surface area (Å²) < 4.78 is 16.6. The van der Waals surface area contributed by atoms with Crippen molar-refractivity contribution in [2.24, 2.45) is 0 Å². The number of anilines is 1. The van der Waals surface area contributed by atoms with Crippen molar-refractivity contribution in [3.63, 3.8) is 0 Å². The highest BCUT2D eigenvalue weighted by Crippen LogP contribution is 2.30. The Labute approximate surface area is 198 Å². The normalized spacial score (nSPS) is 22.2. The van der Waals surface area contributed by atoms with Gasteiger partial charge in [0.15, 0.2) is 0 Å². The molecule has 1 amide bonds. The van der Waals surface area contributed by atoms with Gasteiger partial charge in [0.2, 0.25) is 5.91 Å². The van der Waals surface area contributed by atoms with E-state index < -0.39 is 0 Å². The van der Waals surface area contributed by atoms with Gasteiger partial charge in [-0.15, -0.1) is 0 Å². The van der Waals surface area contributed by atoms with Crippen LogP contribution in [0.4, 0.5) is 10.1 Å². The highest BCUT2D eigenvalue weighted by molar-refractivity contribution is 6.30. The molecule has 8 heteroatoms. The van der Waals surface area contributed by atoms with Crippen molar-refractivity contribution in [2.75, 3.05) is 31.1 Å². The molecule has 0 aliphatic carbocycles. The number of rotatable bonds is 4. The van der Waals surface area contributed by atoms with Gasteiger partial charge in [0.05, 0.1) is 29.4 Å². The van der Waals surface area contributed by atoms with Gasteiger partial charge < -0.3 is 19.7 Å². The maximum atomic E-state index is 14.6. The lowest BCUT2D eigenvalue weighted by atomic mass is 10.1. The van der Waals surface area contributed by atoms with E-state index in [0.717, 1.165) is 42.7 Å². The summed E-state index contributed by atoms with van der Waals surface area (Å²) in [5.41, 5.74) is 3.49. The molecule has 3 heterocycles. The molecule has 2 aromatic carbocycles. The number of amides is 1. The third-order valence-corrected chi connectivity index (χ3v) is 7.25. The van der Waals surface area contributed by atoms with Crippen LogP contribution in [-0.2, 0) is 4.79 Å². The Morgan fingerprint density at radius 1 is 1.24 bits per heavy atom. The Morgan fingerprint density at radius 2 is 2.09 bits per heavy atom. The number of hydrogen-bond acceptors (Lipinski definition) is 4. The smallest absolute Gasteiger partial charge is 0.239 e. The van der Waals surface area contributed by atoms with Gasteiger partial charge in [0, 0.05) is 41.9 Å². The number of fused-ring (bicyclic) bond motifs is 1.